The van der Waals surface area contributed by atoms with Crippen LogP contribution >= 0.6 is 11.6 Å². The van der Waals surface area contributed by atoms with Crippen molar-refractivity contribution in [3.05, 3.63) is 58.9 Å². The number of carbonyl (C=O) groups is 2. The van der Waals surface area contributed by atoms with Crippen LogP contribution in [-0.2, 0) is 9.53 Å². The smallest absolute Gasteiger partial charge is 0.342 e. The molecule has 7 heteroatoms. The quantitative estimate of drug-likeness (QED) is 0.835. The average Bonchev–Trinajstić information content (AvgIpc) is 2.57. The zero-order valence-corrected chi connectivity index (χ0v) is 13.8. The molecule has 126 valence electrons. The number of halogens is 2. The molecule has 0 bridgehead atoms. The molecule has 1 N–H and O–H groups in total. The van der Waals surface area contributed by atoms with E-state index in [1.807, 2.05) is 0 Å². The molecule has 0 aliphatic rings. The number of hydrogen-bond acceptors (Lipinski definition) is 4. The highest BCUT2D eigenvalue weighted by molar-refractivity contribution is 6.33. The fourth-order valence-electron chi connectivity index (χ4n) is 1.92. The molecule has 1 atom stereocenters. The maximum Gasteiger partial charge on any atom is 0.342 e. The van der Waals surface area contributed by atoms with Crippen LogP contribution in [0.15, 0.2) is 42.5 Å². The van der Waals surface area contributed by atoms with Gasteiger partial charge in [-0.05, 0) is 37.3 Å². The Morgan fingerprint density at radius 2 is 1.92 bits per heavy atom. The van der Waals surface area contributed by atoms with Gasteiger partial charge in [0, 0.05) is 0 Å². The van der Waals surface area contributed by atoms with E-state index in [-0.39, 0.29) is 16.3 Å². The minimum Gasteiger partial charge on any atom is -0.496 e. The highest BCUT2D eigenvalue weighted by Gasteiger charge is 2.21. The van der Waals surface area contributed by atoms with Crippen molar-refractivity contribution in [1.29, 1.82) is 0 Å². The van der Waals surface area contributed by atoms with E-state index in [9.17, 15) is 14.0 Å². The minimum absolute atomic E-state index is 0.0478. The van der Waals surface area contributed by atoms with Gasteiger partial charge >= 0.3 is 5.97 Å². The molecule has 0 heterocycles. The highest BCUT2D eigenvalue weighted by Crippen LogP contribution is 2.23. The third-order valence-electron chi connectivity index (χ3n) is 3.17. The Morgan fingerprint density at radius 3 is 2.58 bits per heavy atom. The van der Waals surface area contributed by atoms with Crippen molar-refractivity contribution in [3.8, 4) is 5.75 Å². The lowest BCUT2D eigenvalue weighted by molar-refractivity contribution is -0.123. The molecule has 0 saturated carbocycles. The summed E-state index contributed by atoms with van der Waals surface area (Å²) in [5.74, 6) is -1.46. The number of benzene rings is 2. The summed E-state index contributed by atoms with van der Waals surface area (Å²) in [5, 5.41) is 2.52. The van der Waals surface area contributed by atoms with E-state index in [0.717, 1.165) is 12.1 Å². The van der Waals surface area contributed by atoms with E-state index in [0.29, 0.717) is 5.75 Å². The number of rotatable bonds is 5. The summed E-state index contributed by atoms with van der Waals surface area (Å²) < 4.78 is 23.2. The van der Waals surface area contributed by atoms with Gasteiger partial charge in [0.2, 0.25) is 0 Å². The Hall–Kier alpha value is -2.60. The van der Waals surface area contributed by atoms with Crippen LogP contribution in [0.4, 0.5) is 10.1 Å². The number of para-hydroxylation sites is 1. The number of hydrogen-bond donors (Lipinski definition) is 1. The molecule has 0 unspecified atom stereocenters. The van der Waals surface area contributed by atoms with Crippen LogP contribution in [0, 0.1) is 5.82 Å². The first-order chi connectivity index (χ1) is 11.4. The molecule has 5 nitrogen and oxygen atoms in total. The Bertz CT molecular complexity index is 766. The van der Waals surface area contributed by atoms with Gasteiger partial charge in [0.15, 0.2) is 6.10 Å². The zero-order valence-electron chi connectivity index (χ0n) is 13.0. The Kier molecular flexibility index (Phi) is 5.76. The molecular weight excluding hydrogens is 337 g/mol. The van der Waals surface area contributed by atoms with E-state index in [1.54, 1.807) is 18.2 Å². The maximum atomic E-state index is 13.0. The second-order valence-corrected chi connectivity index (χ2v) is 5.27. The van der Waals surface area contributed by atoms with Crippen molar-refractivity contribution < 1.29 is 23.5 Å². The molecule has 0 aliphatic heterocycles. The minimum atomic E-state index is -1.08. The van der Waals surface area contributed by atoms with E-state index in [1.165, 1.54) is 26.2 Å². The normalized spacial score (nSPS) is 11.5. The molecule has 0 radical (unpaired) electrons. The predicted octanol–water partition coefficient (Wildman–Crippen LogP) is 3.67. The van der Waals surface area contributed by atoms with Crippen molar-refractivity contribution in [2.45, 2.75) is 13.0 Å². The number of ether oxygens (including phenoxy) is 2. The average molecular weight is 352 g/mol. The topological polar surface area (TPSA) is 64.6 Å². The van der Waals surface area contributed by atoms with E-state index in [2.05, 4.69) is 5.32 Å². The molecule has 1 amide bonds. The number of amides is 1. The molecule has 0 aliphatic carbocycles. The summed E-state index contributed by atoms with van der Waals surface area (Å²) in [6.07, 6.45) is -1.08. The molecule has 0 spiro atoms. The van der Waals surface area contributed by atoms with E-state index < -0.39 is 23.8 Å². The van der Waals surface area contributed by atoms with Crippen molar-refractivity contribution in [2.75, 3.05) is 12.4 Å². The molecule has 2 aromatic carbocycles. The summed E-state index contributed by atoms with van der Waals surface area (Å²) in [6.45, 7) is 1.42. The Morgan fingerprint density at radius 1 is 1.21 bits per heavy atom. The zero-order chi connectivity index (χ0) is 17.7. The fraction of sp³-hybridized carbons (Fsp3) is 0.176. The van der Waals surface area contributed by atoms with Crippen molar-refractivity contribution in [1.82, 2.24) is 0 Å². The van der Waals surface area contributed by atoms with Crippen molar-refractivity contribution in [3.63, 3.8) is 0 Å². The van der Waals surface area contributed by atoms with Crippen LogP contribution in [0.25, 0.3) is 0 Å². The third kappa shape index (κ3) is 4.23. The van der Waals surface area contributed by atoms with Gasteiger partial charge in [0.1, 0.15) is 17.1 Å². The maximum absolute atomic E-state index is 13.0. The van der Waals surface area contributed by atoms with Gasteiger partial charge < -0.3 is 14.8 Å². The van der Waals surface area contributed by atoms with Gasteiger partial charge in [0.05, 0.1) is 17.8 Å². The molecule has 24 heavy (non-hydrogen) atoms. The first kappa shape index (κ1) is 17.7. The second-order valence-electron chi connectivity index (χ2n) is 4.86. The van der Waals surface area contributed by atoms with Gasteiger partial charge in [-0.3, -0.25) is 4.79 Å². The van der Waals surface area contributed by atoms with Crippen LogP contribution in [0.5, 0.6) is 5.75 Å². The van der Waals surface area contributed by atoms with Crippen molar-refractivity contribution >= 4 is 29.2 Å². The largest absolute Gasteiger partial charge is 0.496 e. The number of nitrogens with one attached hydrogen (secondary N) is 1. The fourth-order valence-corrected chi connectivity index (χ4v) is 2.13. The van der Waals surface area contributed by atoms with Crippen LogP contribution in [0.1, 0.15) is 17.3 Å². The van der Waals surface area contributed by atoms with Crippen LogP contribution in [-0.4, -0.2) is 25.1 Å². The summed E-state index contributed by atoms with van der Waals surface area (Å²) in [4.78, 5) is 24.2. The second kappa shape index (κ2) is 7.79. The van der Waals surface area contributed by atoms with Crippen LogP contribution in [0.2, 0.25) is 5.02 Å². The molecular formula is C17H15ClFNO4. The molecule has 0 fully saturated rings. The lowest BCUT2D eigenvalue weighted by atomic mass is 10.2. The predicted molar refractivity (Wildman–Crippen MR) is 87.9 cm³/mol. The summed E-state index contributed by atoms with van der Waals surface area (Å²) >= 11 is 5.84. The standard InChI is InChI=1S/C17H15ClFNO4/c1-10(16(21)20-14-8-7-11(19)9-13(14)18)24-17(22)12-5-3-4-6-15(12)23-2/h3-10H,1-2H3,(H,20,21)/t10-/m1/s1. The highest BCUT2D eigenvalue weighted by atomic mass is 35.5. The van der Waals surface area contributed by atoms with Gasteiger partial charge in [-0.1, -0.05) is 23.7 Å². The van der Waals surface area contributed by atoms with Gasteiger partial charge in [0.25, 0.3) is 5.91 Å². The lowest BCUT2D eigenvalue weighted by Gasteiger charge is -2.15. The summed E-state index contributed by atoms with van der Waals surface area (Å²) in [7, 11) is 1.43. The first-order valence-electron chi connectivity index (χ1n) is 7.02. The van der Waals surface area contributed by atoms with Gasteiger partial charge in [-0.15, -0.1) is 0 Å². The number of carbonyl (C=O) groups excluding carboxylic acids is 2. The van der Waals surface area contributed by atoms with E-state index in [4.69, 9.17) is 21.1 Å². The molecule has 2 rings (SSSR count). The Balaban J connectivity index is 2.04. The lowest BCUT2D eigenvalue weighted by Crippen LogP contribution is -2.30. The third-order valence-corrected chi connectivity index (χ3v) is 3.48. The van der Waals surface area contributed by atoms with Gasteiger partial charge in [-0.25, -0.2) is 9.18 Å². The summed E-state index contributed by atoms with van der Waals surface area (Å²) in [6, 6.07) is 10.1. The van der Waals surface area contributed by atoms with E-state index >= 15 is 0 Å². The number of esters is 1. The van der Waals surface area contributed by atoms with Crippen molar-refractivity contribution in [2.24, 2.45) is 0 Å². The van der Waals surface area contributed by atoms with Gasteiger partial charge in [-0.2, -0.15) is 0 Å². The summed E-state index contributed by atoms with van der Waals surface area (Å²) in [5.41, 5.74) is 0.433. The number of anilines is 1. The molecule has 0 aromatic heterocycles. The first-order valence-corrected chi connectivity index (χ1v) is 7.40. The Labute approximate surface area is 143 Å². The molecule has 0 saturated heterocycles. The number of methoxy groups -OCH3 is 1. The van der Waals surface area contributed by atoms with Crippen LogP contribution < -0.4 is 10.1 Å². The SMILES string of the molecule is COc1ccccc1C(=O)O[C@H](C)C(=O)Nc1ccc(F)cc1Cl. The monoisotopic (exact) mass is 351 g/mol. The van der Waals surface area contributed by atoms with Crippen LogP contribution in [0.3, 0.4) is 0 Å². The molecule has 2 aromatic rings.